The van der Waals surface area contributed by atoms with Crippen LogP contribution in [0.4, 0.5) is 0 Å². The van der Waals surface area contributed by atoms with Crippen LogP contribution < -0.4 is 4.74 Å². The summed E-state index contributed by atoms with van der Waals surface area (Å²) in [6.07, 6.45) is 0. The average molecular weight is 273 g/mol. The summed E-state index contributed by atoms with van der Waals surface area (Å²) in [4.78, 5) is 1.09. The van der Waals surface area contributed by atoms with E-state index in [1.165, 1.54) is 0 Å². The number of hydrogen-bond donors (Lipinski definition) is 0. The summed E-state index contributed by atoms with van der Waals surface area (Å²) in [6, 6.07) is 9.45. The molecule has 1 atom stereocenters. The van der Waals surface area contributed by atoms with E-state index in [4.69, 9.17) is 27.9 Å². The quantitative estimate of drug-likeness (QED) is 0.734. The van der Waals surface area contributed by atoms with Crippen molar-refractivity contribution in [1.29, 1.82) is 0 Å². The lowest BCUT2D eigenvalue weighted by atomic mass is 10.1. The lowest BCUT2D eigenvalue weighted by Gasteiger charge is -2.13. The Morgan fingerprint density at radius 3 is 2.75 bits per heavy atom. The molecule has 0 amide bonds. The second kappa shape index (κ2) is 5.09. The van der Waals surface area contributed by atoms with Crippen LogP contribution >= 0.6 is 34.5 Å². The van der Waals surface area contributed by atoms with Crippen LogP contribution in [0.5, 0.6) is 5.75 Å². The van der Waals surface area contributed by atoms with Crippen molar-refractivity contribution in [3.8, 4) is 5.75 Å². The van der Waals surface area contributed by atoms with Gasteiger partial charge in [0.1, 0.15) is 5.75 Å². The Labute approximate surface area is 109 Å². The molecule has 0 N–H and O–H groups in total. The molecule has 1 heterocycles. The van der Waals surface area contributed by atoms with Gasteiger partial charge in [-0.05, 0) is 29.6 Å². The summed E-state index contributed by atoms with van der Waals surface area (Å²) in [5.74, 6) is 0.762. The molecule has 84 valence electrons. The number of ether oxygens (including phenoxy) is 1. The third kappa shape index (κ3) is 2.34. The van der Waals surface area contributed by atoms with Crippen molar-refractivity contribution in [2.75, 3.05) is 7.11 Å². The van der Waals surface area contributed by atoms with Gasteiger partial charge in [0.05, 0.1) is 12.5 Å². The summed E-state index contributed by atoms with van der Waals surface area (Å²) in [5, 5.41) is 2.45. The van der Waals surface area contributed by atoms with Gasteiger partial charge in [-0.3, -0.25) is 0 Å². The van der Waals surface area contributed by atoms with Crippen molar-refractivity contribution < 1.29 is 4.74 Å². The molecule has 2 rings (SSSR count). The first-order chi connectivity index (χ1) is 7.72. The number of halogens is 2. The molecule has 2 aromatic rings. The molecule has 0 aliphatic carbocycles. The highest BCUT2D eigenvalue weighted by Gasteiger charge is 2.16. The standard InChI is InChI=1S/C12H10Cl2OS/c1-15-10-5-4-8(13)7-9(10)12(14)11-3-2-6-16-11/h2-7,12H,1H3. The van der Waals surface area contributed by atoms with Gasteiger partial charge in [-0.1, -0.05) is 17.7 Å². The lowest BCUT2D eigenvalue weighted by Crippen LogP contribution is -1.95. The van der Waals surface area contributed by atoms with Crippen molar-refractivity contribution in [2.24, 2.45) is 0 Å². The van der Waals surface area contributed by atoms with Crippen LogP contribution in [0, 0.1) is 0 Å². The van der Waals surface area contributed by atoms with E-state index in [9.17, 15) is 0 Å². The Bertz CT molecular complexity index is 468. The number of thiophene rings is 1. The van der Waals surface area contributed by atoms with E-state index in [1.54, 1.807) is 24.5 Å². The van der Waals surface area contributed by atoms with E-state index in [0.29, 0.717) is 5.02 Å². The number of methoxy groups -OCH3 is 1. The molecular weight excluding hydrogens is 263 g/mol. The Hall–Kier alpha value is -0.700. The minimum Gasteiger partial charge on any atom is -0.496 e. The van der Waals surface area contributed by atoms with Gasteiger partial charge >= 0.3 is 0 Å². The molecule has 1 unspecified atom stereocenters. The molecule has 1 aromatic carbocycles. The van der Waals surface area contributed by atoms with Crippen LogP contribution in [0.2, 0.25) is 5.02 Å². The van der Waals surface area contributed by atoms with Gasteiger partial charge in [-0.15, -0.1) is 22.9 Å². The minimum absolute atomic E-state index is 0.214. The fourth-order valence-corrected chi connectivity index (χ4v) is 2.79. The zero-order chi connectivity index (χ0) is 11.5. The maximum Gasteiger partial charge on any atom is 0.124 e. The maximum atomic E-state index is 6.40. The van der Waals surface area contributed by atoms with E-state index in [2.05, 4.69) is 0 Å². The van der Waals surface area contributed by atoms with Crippen molar-refractivity contribution in [3.05, 3.63) is 51.2 Å². The first-order valence-corrected chi connectivity index (χ1v) is 6.42. The molecule has 4 heteroatoms. The number of rotatable bonds is 3. The first-order valence-electron chi connectivity index (χ1n) is 4.73. The molecule has 1 aromatic heterocycles. The Kier molecular flexibility index (Phi) is 3.74. The highest BCUT2D eigenvalue weighted by atomic mass is 35.5. The summed E-state index contributed by atoms with van der Waals surface area (Å²) < 4.78 is 5.28. The monoisotopic (exact) mass is 272 g/mol. The first kappa shape index (κ1) is 11.8. The zero-order valence-electron chi connectivity index (χ0n) is 8.61. The lowest BCUT2D eigenvalue weighted by molar-refractivity contribution is 0.410. The van der Waals surface area contributed by atoms with Gasteiger partial charge in [0.15, 0.2) is 0 Å². The Morgan fingerprint density at radius 2 is 2.12 bits per heavy atom. The van der Waals surface area contributed by atoms with Gasteiger partial charge in [-0.25, -0.2) is 0 Å². The van der Waals surface area contributed by atoms with Crippen LogP contribution in [0.15, 0.2) is 35.7 Å². The number of hydrogen-bond acceptors (Lipinski definition) is 2. The third-order valence-electron chi connectivity index (χ3n) is 2.26. The van der Waals surface area contributed by atoms with Crippen LogP contribution in [-0.4, -0.2) is 7.11 Å². The predicted octanol–water partition coefficient (Wildman–Crippen LogP) is 4.74. The van der Waals surface area contributed by atoms with E-state index in [1.807, 2.05) is 29.6 Å². The molecular formula is C12H10Cl2OS. The molecule has 0 radical (unpaired) electrons. The van der Waals surface area contributed by atoms with Crippen molar-refractivity contribution >= 4 is 34.5 Å². The van der Waals surface area contributed by atoms with E-state index in [-0.39, 0.29) is 5.38 Å². The van der Waals surface area contributed by atoms with Gasteiger partial charge in [0.25, 0.3) is 0 Å². The molecule has 0 aliphatic heterocycles. The molecule has 0 bridgehead atoms. The van der Waals surface area contributed by atoms with Crippen LogP contribution in [0.3, 0.4) is 0 Å². The van der Waals surface area contributed by atoms with Crippen LogP contribution in [0.1, 0.15) is 15.8 Å². The minimum atomic E-state index is -0.214. The highest BCUT2D eigenvalue weighted by Crippen LogP contribution is 2.38. The maximum absolute atomic E-state index is 6.40. The zero-order valence-corrected chi connectivity index (χ0v) is 10.9. The third-order valence-corrected chi connectivity index (χ3v) is 4.03. The van der Waals surface area contributed by atoms with Gasteiger partial charge in [0, 0.05) is 15.5 Å². The van der Waals surface area contributed by atoms with Gasteiger partial charge < -0.3 is 4.74 Å². The number of benzene rings is 1. The fourth-order valence-electron chi connectivity index (χ4n) is 1.49. The fraction of sp³-hybridized carbons (Fsp3) is 0.167. The molecule has 1 nitrogen and oxygen atoms in total. The average Bonchev–Trinajstić information content (AvgIpc) is 2.81. The highest BCUT2D eigenvalue weighted by molar-refractivity contribution is 7.10. The SMILES string of the molecule is COc1ccc(Cl)cc1C(Cl)c1cccs1. The summed E-state index contributed by atoms with van der Waals surface area (Å²) >= 11 is 14.0. The predicted molar refractivity (Wildman–Crippen MR) is 70.0 cm³/mol. The molecule has 0 saturated carbocycles. The van der Waals surface area contributed by atoms with Gasteiger partial charge in [-0.2, -0.15) is 0 Å². The second-order valence-corrected chi connectivity index (χ2v) is 5.12. The number of alkyl halides is 1. The smallest absolute Gasteiger partial charge is 0.124 e. The van der Waals surface area contributed by atoms with Crippen LogP contribution in [0.25, 0.3) is 0 Å². The van der Waals surface area contributed by atoms with Crippen molar-refractivity contribution in [2.45, 2.75) is 5.38 Å². The normalized spacial score (nSPS) is 12.4. The Balaban J connectivity index is 2.42. The summed E-state index contributed by atoms with van der Waals surface area (Å²) in [7, 11) is 1.63. The van der Waals surface area contributed by atoms with E-state index in [0.717, 1.165) is 16.2 Å². The molecule has 0 spiro atoms. The Morgan fingerprint density at radius 1 is 1.31 bits per heavy atom. The van der Waals surface area contributed by atoms with E-state index < -0.39 is 0 Å². The largest absolute Gasteiger partial charge is 0.496 e. The molecule has 0 fully saturated rings. The summed E-state index contributed by atoms with van der Waals surface area (Å²) in [5.41, 5.74) is 0.902. The molecule has 0 saturated heterocycles. The molecule has 0 aliphatic rings. The second-order valence-electron chi connectivity index (χ2n) is 3.26. The van der Waals surface area contributed by atoms with E-state index >= 15 is 0 Å². The van der Waals surface area contributed by atoms with Crippen LogP contribution in [-0.2, 0) is 0 Å². The topological polar surface area (TPSA) is 9.23 Å². The van der Waals surface area contributed by atoms with Crippen molar-refractivity contribution in [1.82, 2.24) is 0 Å². The molecule has 16 heavy (non-hydrogen) atoms. The van der Waals surface area contributed by atoms with Gasteiger partial charge in [0.2, 0.25) is 0 Å². The summed E-state index contributed by atoms with van der Waals surface area (Å²) in [6.45, 7) is 0. The van der Waals surface area contributed by atoms with Crippen molar-refractivity contribution in [3.63, 3.8) is 0 Å².